The Kier molecular flexibility index (Phi) is 5.65. The predicted molar refractivity (Wildman–Crippen MR) is 91.1 cm³/mol. The van der Waals surface area contributed by atoms with Gasteiger partial charge in [0.15, 0.2) is 5.16 Å². The van der Waals surface area contributed by atoms with Crippen molar-refractivity contribution >= 4 is 17.7 Å². The van der Waals surface area contributed by atoms with Crippen molar-refractivity contribution in [3.05, 3.63) is 30.6 Å². The van der Waals surface area contributed by atoms with E-state index in [-0.39, 0.29) is 17.1 Å². The van der Waals surface area contributed by atoms with Crippen LogP contribution in [0.1, 0.15) is 13.8 Å². The molecule has 2 rings (SSSR count). The average Bonchev–Trinajstić information content (AvgIpc) is 2.99. The molecule has 1 amide bonds. The Bertz CT molecular complexity index is 670. The fraction of sp³-hybridized carbons (Fsp3) is 0.438. The van der Waals surface area contributed by atoms with Crippen LogP contribution in [0.3, 0.4) is 0 Å². The molecule has 0 aliphatic rings. The second kappa shape index (κ2) is 7.50. The number of benzene rings is 1. The average molecular weight is 334 g/mol. The Balaban J connectivity index is 2.31. The van der Waals surface area contributed by atoms with Crippen molar-refractivity contribution in [2.45, 2.75) is 24.3 Å². The topological polar surface area (TPSA) is 60.2 Å². The highest BCUT2D eigenvalue weighted by atomic mass is 32.2. The molecule has 0 radical (unpaired) electrons. The molecular formula is C16H22N4O2S. The van der Waals surface area contributed by atoms with Gasteiger partial charge in [-0.15, -0.1) is 10.2 Å². The highest BCUT2D eigenvalue weighted by molar-refractivity contribution is 8.00. The molecule has 0 saturated carbocycles. The van der Waals surface area contributed by atoms with Gasteiger partial charge in [-0.3, -0.25) is 9.36 Å². The van der Waals surface area contributed by atoms with E-state index in [4.69, 9.17) is 4.74 Å². The summed E-state index contributed by atoms with van der Waals surface area (Å²) in [6.07, 6.45) is 1.65. The van der Waals surface area contributed by atoms with Crippen molar-refractivity contribution in [1.29, 1.82) is 0 Å². The van der Waals surface area contributed by atoms with Crippen LogP contribution in [0, 0.1) is 5.92 Å². The number of carbonyl (C=O) groups excluding carboxylic acids is 1. The lowest BCUT2D eigenvalue weighted by molar-refractivity contribution is -0.128. The largest absolute Gasteiger partial charge is 0.497 e. The molecule has 0 N–H and O–H groups in total. The molecule has 0 fully saturated rings. The zero-order valence-electron chi connectivity index (χ0n) is 14.1. The first-order valence-electron chi connectivity index (χ1n) is 7.36. The molecule has 1 unspecified atom stereocenters. The maximum atomic E-state index is 12.4. The van der Waals surface area contributed by atoms with E-state index in [1.54, 1.807) is 32.4 Å². The first-order chi connectivity index (χ1) is 10.9. The fourth-order valence-electron chi connectivity index (χ4n) is 2.08. The molecule has 0 aliphatic carbocycles. The number of rotatable bonds is 6. The molecule has 6 nitrogen and oxygen atoms in total. The van der Waals surface area contributed by atoms with Crippen LogP contribution in [-0.2, 0) is 4.79 Å². The summed E-state index contributed by atoms with van der Waals surface area (Å²) in [5.41, 5.74) is 0.900. The molecule has 1 aromatic heterocycles. The summed E-state index contributed by atoms with van der Waals surface area (Å²) in [7, 11) is 5.17. The number of hydrogen-bond donors (Lipinski definition) is 0. The van der Waals surface area contributed by atoms with Crippen molar-refractivity contribution < 1.29 is 9.53 Å². The number of hydrogen-bond acceptors (Lipinski definition) is 5. The number of ether oxygens (including phenoxy) is 1. The van der Waals surface area contributed by atoms with E-state index in [2.05, 4.69) is 10.2 Å². The number of thioether (sulfide) groups is 1. The van der Waals surface area contributed by atoms with Gasteiger partial charge in [-0.25, -0.2) is 0 Å². The Hall–Kier alpha value is -2.02. The predicted octanol–water partition coefficient (Wildman–Crippen LogP) is 2.48. The lowest BCUT2D eigenvalue weighted by Gasteiger charge is -2.22. The van der Waals surface area contributed by atoms with E-state index < -0.39 is 0 Å². The number of nitrogens with zero attached hydrogens (tertiary/aromatic N) is 4. The van der Waals surface area contributed by atoms with E-state index in [1.165, 1.54) is 11.8 Å². The van der Waals surface area contributed by atoms with Gasteiger partial charge in [-0.1, -0.05) is 31.7 Å². The summed E-state index contributed by atoms with van der Waals surface area (Å²) in [6.45, 7) is 4.07. The molecule has 1 aromatic carbocycles. The third-order valence-electron chi connectivity index (χ3n) is 3.37. The van der Waals surface area contributed by atoms with E-state index in [9.17, 15) is 4.79 Å². The lowest BCUT2D eigenvalue weighted by Crippen LogP contribution is -2.35. The maximum Gasteiger partial charge on any atom is 0.235 e. The summed E-state index contributed by atoms with van der Waals surface area (Å²) in [6, 6.07) is 7.65. The van der Waals surface area contributed by atoms with E-state index in [0.717, 1.165) is 11.4 Å². The third-order valence-corrected chi connectivity index (χ3v) is 4.86. The molecule has 7 heteroatoms. The molecule has 1 heterocycles. The monoisotopic (exact) mass is 334 g/mol. The van der Waals surface area contributed by atoms with Crippen LogP contribution in [0.2, 0.25) is 0 Å². The van der Waals surface area contributed by atoms with Crippen LogP contribution in [0.4, 0.5) is 0 Å². The minimum atomic E-state index is -0.210. The van der Waals surface area contributed by atoms with Crippen molar-refractivity contribution in [1.82, 2.24) is 19.7 Å². The Morgan fingerprint density at radius 1 is 1.35 bits per heavy atom. The highest BCUT2D eigenvalue weighted by Crippen LogP contribution is 2.30. The number of amides is 1. The summed E-state index contributed by atoms with van der Waals surface area (Å²) in [4.78, 5) is 14.0. The number of carbonyl (C=O) groups is 1. The fourth-order valence-corrected chi connectivity index (χ4v) is 3.25. The van der Waals surface area contributed by atoms with Gasteiger partial charge in [0.25, 0.3) is 0 Å². The normalized spacial score (nSPS) is 12.3. The molecule has 0 saturated heterocycles. The van der Waals surface area contributed by atoms with Crippen LogP contribution in [0.5, 0.6) is 5.75 Å². The Morgan fingerprint density at radius 2 is 2.09 bits per heavy atom. The van der Waals surface area contributed by atoms with E-state index >= 15 is 0 Å². The molecule has 23 heavy (non-hydrogen) atoms. The zero-order chi connectivity index (χ0) is 17.0. The van der Waals surface area contributed by atoms with Crippen molar-refractivity contribution in [2.75, 3.05) is 21.2 Å². The Morgan fingerprint density at radius 3 is 2.70 bits per heavy atom. The van der Waals surface area contributed by atoms with Crippen LogP contribution in [0.15, 0.2) is 35.7 Å². The standard InChI is InChI=1S/C16H22N4O2S/c1-11(2)14(15(21)19(3)4)23-16-18-17-10-20(16)12-7-6-8-13(9-12)22-5/h6-11,14H,1-5H3. The first-order valence-corrected chi connectivity index (χ1v) is 8.24. The number of methoxy groups -OCH3 is 1. The van der Waals surface area contributed by atoms with Crippen LogP contribution < -0.4 is 4.74 Å². The smallest absolute Gasteiger partial charge is 0.235 e. The summed E-state index contributed by atoms with van der Waals surface area (Å²) in [5.74, 6) is 1.02. The van der Waals surface area contributed by atoms with Crippen LogP contribution >= 0.6 is 11.8 Å². The number of aromatic nitrogens is 3. The van der Waals surface area contributed by atoms with Crippen molar-refractivity contribution in [3.63, 3.8) is 0 Å². The molecule has 2 aromatic rings. The molecule has 124 valence electrons. The van der Waals surface area contributed by atoms with Gasteiger partial charge in [0.05, 0.1) is 18.0 Å². The van der Waals surface area contributed by atoms with Crippen molar-refractivity contribution in [3.8, 4) is 11.4 Å². The minimum Gasteiger partial charge on any atom is -0.497 e. The third kappa shape index (κ3) is 4.04. The minimum absolute atomic E-state index is 0.0743. The summed E-state index contributed by atoms with van der Waals surface area (Å²) >= 11 is 1.43. The van der Waals surface area contributed by atoms with Gasteiger partial charge in [0.2, 0.25) is 5.91 Å². The van der Waals surface area contributed by atoms with Gasteiger partial charge >= 0.3 is 0 Å². The van der Waals surface area contributed by atoms with Gasteiger partial charge in [0.1, 0.15) is 12.1 Å². The van der Waals surface area contributed by atoms with Gasteiger partial charge in [-0.2, -0.15) is 0 Å². The molecule has 1 atom stereocenters. The molecule has 0 bridgehead atoms. The first kappa shape index (κ1) is 17.3. The van der Waals surface area contributed by atoms with Gasteiger partial charge in [-0.05, 0) is 18.1 Å². The SMILES string of the molecule is COc1cccc(-n2cnnc2SC(C(=O)N(C)C)C(C)C)c1. The summed E-state index contributed by atoms with van der Waals surface area (Å²) < 4.78 is 7.13. The van der Waals surface area contributed by atoms with E-state index in [0.29, 0.717) is 5.16 Å². The highest BCUT2D eigenvalue weighted by Gasteiger charge is 2.27. The summed E-state index contributed by atoms with van der Waals surface area (Å²) in [5, 5.41) is 8.65. The van der Waals surface area contributed by atoms with Crippen molar-refractivity contribution in [2.24, 2.45) is 5.92 Å². The van der Waals surface area contributed by atoms with Crippen LogP contribution in [0.25, 0.3) is 5.69 Å². The quantitative estimate of drug-likeness (QED) is 0.760. The lowest BCUT2D eigenvalue weighted by atomic mass is 10.1. The second-order valence-corrected chi connectivity index (χ2v) is 6.81. The molecular weight excluding hydrogens is 312 g/mol. The van der Waals surface area contributed by atoms with E-state index in [1.807, 2.05) is 42.7 Å². The van der Waals surface area contributed by atoms with Gasteiger partial charge in [0, 0.05) is 20.2 Å². The van der Waals surface area contributed by atoms with Gasteiger partial charge < -0.3 is 9.64 Å². The Labute approximate surface area is 140 Å². The zero-order valence-corrected chi connectivity index (χ0v) is 14.9. The molecule has 0 aliphatic heterocycles. The van der Waals surface area contributed by atoms with Crippen LogP contribution in [-0.4, -0.2) is 52.0 Å². The maximum absolute atomic E-state index is 12.4. The molecule has 0 spiro atoms. The second-order valence-electron chi connectivity index (χ2n) is 5.70.